The maximum atomic E-state index is 5.28. The number of aromatic nitrogens is 2. The lowest BCUT2D eigenvalue weighted by Gasteiger charge is -2.25. The predicted octanol–water partition coefficient (Wildman–Crippen LogP) is 2.15. The van der Waals surface area contributed by atoms with Crippen molar-refractivity contribution in [1.82, 2.24) is 15.3 Å². The molecule has 1 aliphatic rings. The lowest BCUT2D eigenvalue weighted by molar-refractivity contribution is 0.412. The van der Waals surface area contributed by atoms with Crippen molar-refractivity contribution in [2.24, 2.45) is 0 Å². The number of ether oxygens (including phenoxy) is 1. The molecule has 1 fully saturated rings. The normalized spacial score (nSPS) is 15.1. The lowest BCUT2D eigenvalue weighted by Crippen LogP contribution is -2.40. The van der Waals surface area contributed by atoms with Crippen molar-refractivity contribution >= 4 is 0 Å². The van der Waals surface area contributed by atoms with Gasteiger partial charge in [0.2, 0.25) is 0 Å². The van der Waals surface area contributed by atoms with E-state index in [0.717, 1.165) is 41.5 Å². The second kappa shape index (κ2) is 4.97. The maximum Gasteiger partial charge on any atom is 0.134 e. The van der Waals surface area contributed by atoms with Crippen LogP contribution >= 0.6 is 0 Å². The van der Waals surface area contributed by atoms with E-state index in [1.807, 2.05) is 31.3 Å². The fraction of sp³-hybridized carbons (Fsp3) is 0.333. The van der Waals surface area contributed by atoms with E-state index in [9.17, 15) is 0 Å². The van der Waals surface area contributed by atoms with Gasteiger partial charge in [-0.15, -0.1) is 0 Å². The molecule has 1 aliphatic heterocycles. The third kappa shape index (κ3) is 2.31. The van der Waals surface area contributed by atoms with Crippen molar-refractivity contribution < 1.29 is 4.74 Å². The highest BCUT2D eigenvalue weighted by molar-refractivity contribution is 5.61. The highest BCUT2D eigenvalue weighted by atomic mass is 16.5. The van der Waals surface area contributed by atoms with Gasteiger partial charge in [-0.25, -0.2) is 9.97 Å². The summed E-state index contributed by atoms with van der Waals surface area (Å²) >= 11 is 0. The molecule has 1 aromatic carbocycles. The Morgan fingerprint density at radius 1 is 1.26 bits per heavy atom. The molecule has 2 heterocycles. The Hall–Kier alpha value is -1.94. The van der Waals surface area contributed by atoms with Gasteiger partial charge in [-0.2, -0.15) is 0 Å². The number of benzene rings is 1. The van der Waals surface area contributed by atoms with Crippen LogP contribution in [0.1, 0.15) is 17.3 Å². The Labute approximate surface area is 112 Å². The summed E-state index contributed by atoms with van der Waals surface area (Å²) in [6.45, 7) is 4.00. The molecule has 0 spiro atoms. The molecular weight excluding hydrogens is 238 g/mol. The zero-order chi connectivity index (χ0) is 13.2. The minimum atomic E-state index is 0.458. The van der Waals surface area contributed by atoms with E-state index in [-0.39, 0.29) is 0 Å². The zero-order valence-corrected chi connectivity index (χ0v) is 11.2. The van der Waals surface area contributed by atoms with Crippen molar-refractivity contribution in [2.75, 3.05) is 20.2 Å². The Morgan fingerprint density at radius 3 is 2.74 bits per heavy atom. The van der Waals surface area contributed by atoms with Gasteiger partial charge in [-0.3, -0.25) is 0 Å². The van der Waals surface area contributed by atoms with E-state index in [0.29, 0.717) is 5.92 Å². The SMILES string of the molecule is COc1ccc(-c2ccnc(C3CNC3)n2)cc1C. The molecule has 3 rings (SSSR count). The van der Waals surface area contributed by atoms with Crippen LogP contribution in [0.5, 0.6) is 5.75 Å². The van der Waals surface area contributed by atoms with Crippen molar-refractivity contribution in [3.8, 4) is 17.0 Å². The van der Waals surface area contributed by atoms with Gasteiger partial charge in [0.1, 0.15) is 11.6 Å². The Balaban J connectivity index is 1.94. The van der Waals surface area contributed by atoms with Gasteiger partial charge in [-0.1, -0.05) is 0 Å². The van der Waals surface area contributed by atoms with Gasteiger partial charge in [0.15, 0.2) is 0 Å². The fourth-order valence-electron chi connectivity index (χ4n) is 2.24. The van der Waals surface area contributed by atoms with Crippen LogP contribution in [-0.4, -0.2) is 30.2 Å². The first-order valence-electron chi connectivity index (χ1n) is 6.46. The van der Waals surface area contributed by atoms with Gasteiger partial charge in [0, 0.05) is 30.8 Å². The zero-order valence-electron chi connectivity index (χ0n) is 11.2. The second-order valence-corrected chi connectivity index (χ2v) is 4.84. The van der Waals surface area contributed by atoms with Crippen LogP contribution in [0.15, 0.2) is 30.5 Å². The molecule has 0 atom stereocenters. The number of hydrogen-bond donors (Lipinski definition) is 1. The van der Waals surface area contributed by atoms with Gasteiger partial charge in [0.05, 0.1) is 12.8 Å². The summed E-state index contributed by atoms with van der Waals surface area (Å²) < 4.78 is 5.28. The lowest BCUT2D eigenvalue weighted by atomic mass is 10.0. The van der Waals surface area contributed by atoms with E-state index in [1.54, 1.807) is 7.11 Å². The quantitative estimate of drug-likeness (QED) is 0.913. The molecule has 19 heavy (non-hydrogen) atoms. The minimum absolute atomic E-state index is 0.458. The van der Waals surface area contributed by atoms with Crippen LogP contribution in [0.3, 0.4) is 0 Å². The molecule has 0 amide bonds. The van der Waals surface area contributed by atoms with Crippen LogP contribution in [0.25, 0.3) is 11.3 Å². The third-order valence-corrected chi connectivity index (χ3v) is 3.51. The molecule has 4 nitrogen and oxygen atoms in total. The van der Waals surface area contributed by atoms with Crippen LogP contribution in [0.4, 0.5) is 0 Å². The number of nitrogens with zero attached hydrogens (tertiary/aromatic N) is 2. The first-order chi connectivity index (χ1) is 9.28. The van der Waals surface area contributed by atoms with Gasteiger partial charge >= 0.3 is 0 Å². The fourth-order valence-corrected chi connectivity index (χ4v) is 2.24. The van der Waals surface area contributed by atoms with Crippen molar-refractivity contribution in [3.63, 3.8) is 0 Å². The molecule has 2 aromatic rings. The number of rotatable bonds is 3. The molecule has 0 radical (unpaired) electrons. The number of nitrogens with one attached hydrogen (secondary N) is 1. The molecule has 0 bridgehead atoms. The van der Waals surface area contributed by atoms with Crippen LogP contribution < -0.4 is 10.1 Å². The third-order valence-electron chi connectivity index (χ3n) is 3.51. The Bertz CT molecular complexity index is 594. The molecular formula is C15H17N3O. The van der Waals surface area contributed by atoms with E-state index >= 15 is 0 Å². The molecule has 1 saturated heterocycles. The highest BCUT2D eigenvalue weighted by Gasteiger charge is 2.21. The van der Waals surface area contributed by atoms with Crippen molar-refractivity contribution in [1.29, 1.82) is 0 Å². The summed E-state index contributed by atoms with van der Waals surface area (Å²) in [6, 6.07) is 8.08. The number of aryl methyl sites for hydroxylation is 1. The van der Waals surface area contributed by atoms with Gasteiger partial charge < -0.3 is 10.1 Å². The summed E-state index contributed by atoms with van der Waals surface area (Å²) in [5, 5.41) is 3.25. The van der Waals surface area contributed by atoms with Crippen molar-refractivity contribution in [2.45, 2.75) is 12.8 Å². The van der Waals surface area contributed by atoms with E-state index in [4.69, 9.17) is 4.74 Å². The average molecular weight is 255 g/mol. The largest absolute Gasteiger partial charge is 0.496 e. The second-order valence-electron chi connectivity index (χ2n) is 4.84. The summed E-state index contributed by atoms with van der Waals surface area (Å²) in [4.78, 5) is 9.04. The van der Waals surface area contributed by atoms with Crippen LogP contribution in [0, 0.1) is 6.92 Å². The maximum absolute atomic E-state index is 5.28. The smallest absolute Gasteiger partial charge is 0.134 e. The summed E-state index contributed by atoms with van der Waals surface area (Å²) in [7, 11) is 1.69. The summed E-state index contributed by atoms with van der Waals surface area (Å²) in [5.41, 5.74) is 3.20. The van der Waals surface area contributed by atoms with E-state index in [1.165, 1.54) is 0 Å². The standard InChI is InChI=1S/C15H17N3O/c1-10-7-11(3-4-14(10)19-2)13-5-6-17-15(18-13)12-8-16-9-12/h3-7,12,16H,8-9H2,1-2H3. The summed E-state index contributed by atoms with van der Waals surface area (Å²) in [5.74, 6) is 2.30. The predicted molar refractivity (Wildman–Crippen MR) is 74.4 cm³/mol. The molecule has 1 aromatic heterocycles. The van der Waals surface area contributed by atoms with Crippen molar-refractivity contribution in [3.05, 3.63) is 41.9 Å². The Morgan fingerprint density at radius 2 is 2.11 bits per heavy atom. The average Bonchev–Trinajstić information content (AvgIpc) is 2.37. The molecule has 0 unspecified atom stereocenters. The first-order valence-corrected chi connectivity index (χ1v) is 6.46. The number of methoxy groups -OCH3 is 1. The molecule has 98 valence electrons. The molecule has 0 aliphatic carbocycles. The topological polar surface area (TPSA) is 47.0 Å². The first kappa shape index (κ1) is 12.1. The van der Waals surface area contributed by atoms with E-state index < -0.39 is 0 Å². The molecule has 0 saturated carbocycles. The minimum Gasteiger partial charge on any atom is -0.496 e. The number of hydrogen-bond acceptors (Lipinski definition) is 4. The monoisotopic (exact) mass is 255 g/mol. The molecule has 1 N–H and O–H groups in total. The Kier molecular flexibility index (Phi) is 3.17. The van der Waals surface area contributed by atoms with Gasteiger partial charge in [0.25, 0.3) is 0 Å². The van der Waals surface area contributed by atoms with Gasteiger partial charge in [-0.05, 0) is 36.8 Å². The van der Waals surface area contributed by atoms with Crippen LogP contribution in [0.2, 0.25) is 0 Å². The highest BCUT2D eigenvalue weighted by Crippen LogP contribution is 2.26. The van der Waals surface area contributed by atoms with Crippen LogP contribution in [-0.2, 0) is 0 Å². The summed E-state index contributed by atoms with van der Waals surface area (Å²) in [6.07, 6.45) is 1.84. The van der Waals surface area contributed by atoms with E-state index in [2.05, 4.69) is 21.4 Å². The molecule has 4 heteroatoms.